The Hall–Kier alpha value is -0.480. The maximum absolute atomic E-state index is 13.3. The van der Waals surface area contributed by atoms with Crippen LogP contribution in [0.2, 0.25) is 0 Å². The zero-order chi connectivity index (χ0) is 10.7. The molecular formula is C10H11BrF2O. The summed E-state index contributed by atoms with van der Waals surface area (Å²) in [4.78, 5) is 0. The minimum absolute atomic E-state index is 0.138. The van der Waals surface area contributed by atoms with Gasteiger partial charge in [-0.1, -0.05) is 6.07 Å². The summed E-state index contributed by atoms with van der Waals surface area (Å²) < 4.78 is 26.0. The maximum Gasteiger partial charge on any atom is 0.143 e. The van der Waals surface area contributed by atoms with Gasteiger partial charge in [0, 0.05) is 0 Å². The Morgan fingerprint density at radius 1 is 1.43 bits per heavy atom. The number of hydrogen-bond donors (Lipinski definition) is 1. The molecule has 0 aromatic heterocycles. The smallest absolute Gasteiger partial charge is 0.143 e. The average Bonchev–Trinajstić information content (AvgIpc) is 2.13. The predicted molar refractivity (Wildman–Crippen MR) is 54.1 cm³/mol. The van der Waals surface area contributed by atoms with E-state index in [9.17, 15) is 8.78 Å². The Morgan fingerprint density at radius 2 is 2.07 bits per heavy atom. The summed E-state index contributed by atoms with van der Waals surface area (Å²) in [7, 11) is 0. The van der Waals surface area contributed by atoms with Gasteiger partial charge in [0.2, 0.25) is 0 Å². The lowest BCUT2D eigenvalue weighted by Gasteiger charge is -2.06. The van der Waals surface area contributed by atoms with Crippen molar-refractivity contribution in [3.05, 3.63) is 33.8 Å². The van der Waals surface area contributed by atoms with Gasteiger partial charge in [-0.3, -0.25) is 0 Å². The van der Waals surface area contributed by atoms with E-state index < -0.39 is 17.7 Å². The Kier molecular flexibility index (Phi) is 4.01. The fraction of sp³-hybridized carbons (Fsp3) is 0.400. The third-order valence-electron chi connectivity index (χ3n) is 1.95. The first kappa shape index (κ1) is 11.6. The molecule has 78 valence electrons. The minimum atomic E-state index is -0.608. The van der Waals surface area contributed by atoms with Crippen LogP contribution in [0, 0.1) is 11.6 Å². The van der Waals surface area contributed by atoms with Crippen LogP contribution in [-0.2, 0) is 6.42 Å². The highest BCUT2D eigenvalue weighted by molar-refractivity contribution is 9.10. The molecule has 0 unspecified atom stereocenters. The normalized spacial score (nSPS) is 12.9. The maximum atomic E-state index is 13.3. The largest absolute Gasteiger partial charge is 0.393 e. The second-order valence-electron chi connectivity index (χ2n) is 3.22. The van der Waals surface area contributed by atoms with E-state index in [1.165, 1.54) is 12.1 Å². The van der Waals surface area contributed by atoms with E-state index >= 15 is 0 Å². The first-order chi connectivity index (χ1) is 6.52. The molecule has 14 heavy (non-hydrogen) atoms. The number of aryl methyl sites for hydroxylation is 1. The van der Waals surface area contributed by atoms with Crippen molar-refractivity contribution < 1.29 is 13.9 Å². The lowest BCUT2D eigenvalue weighted by molar-refractivity contribution is 0.184. The molecule has 0 heterocycles. The molecule has 4 heteroatoms. The second-order valence-corrected chi connectivity index (χ2v) is 4.02. The van der Waals surface area contributed by atoms with Crippen LogP contribution < -0.4 is 0 Å². The van der Waals surface area contributed by atoms with Crippen molar-refractivity contribution >= 4 is 15.9 Å². The highest BCUT2D eigenvalue weighted by Gasteiger charge is 2.11. The SMILES string of the molecule is C[C@H](O)CCc1ccc(F)c(Br)c1F. The molecule has 0 saturated heterocycles. The number of aliphatic hydroxyl groups is 1. The van der Waals surface area contributed by atoms with Crippen LogP contribution in [-0.4, -0.2) is 11.2 Å². The summed E-state index contributed by atoms with van der Waals surface area (Å²) in [6, 6.07) is 2.61. The molecule has 0 radical (unpaired) electrons. The number of rotatable bonds is 3. The number of halogens is 3. The van der Waals surface area contributed by atoms with Crippen molar-refractivity contribution in [2.24, 2.45) is 0 Å². The van der Waals surface area contributed by atoms with Gasteiger partial charge in [0.1, 0.15) is 11.6 Å². The summed E-state index contributed by atoms with van der Waals surface area (Å²) >= 11 is 2.82. The van der Waals surface area contributed by atoms with Crippen LogP contribution in [0.1, 0.15) is 18.9 Å². The van der Waals surface area contributed by atoms with Gasteiger partial charge >= 0.3 is 0 Å². The Morgan fingerprint density at radius 3 is 2.64 bits per heavy atom. The van der Waals surface area contributed by atoms with Crippen LogP contribution in [0.15, 0.2) is 16.6 Å². The number of benzene rings is 1. The van der Waals surface area contributed by atoms with E-state index in [-0.39, 0.29) is 4.47 Å². The number of aliphatic hydroxyl groups excluding tert-OH is 1. The highest BCUT2D eigenvalue weighted by Crippen LogP contribution is 2.23. The molecule has 1 aromatic rings. The van der Waals surface area contributed by atoms with Crippen LogP contribution >= 0.6 is 15.9 Å². The first-order valence-corrected chi connectivity index (χ1v) is 5.12. The Balaban J connectivity index is 2.83. The molecule has 1 rings (SSSR count). The molecule has 0 amide bonds. The van der Waals surface area contributed by atoms with E-state index in [0.717, 1.165) is 0 Å². The second kappa shape index (κ2) is 4.84. The van der Waals surface area contributed by atoms with Gasteiger partial charge in [-0.2, -0.15) is 0 Å². The van der Waals surface area contributed by atoms with E-state index in [0.29, 0.717) is 18.4 Å². The van der Waals surface area contributed by atoms with Crippen molar-refractivity contribution in [3.63, 3.8) is 0 Å². The van der Waals surface area contributed by atoms with Crippen molar-refractivity contribution in [1.82, 2.24) is 0 Å². The standard InChI is InChI=1S/C10H11BrF2O/c1-6(14)2-3-7-4-5-8(12)9(11)10(7)13/h4-6,14H,2-3H2,1H3/t6-/m0/s1. The first-order valence-electron chi connectivity index (χ1n) is 4.32. The van der Waals surface area contributed by atoms with E-state index in [1.54, 1.807) is 6.92 Å². The Bertz CT molecular complexity index is 326. The molecule has 1 aromatic carbocycles. The topological polar surface area (TPSA) is 20.2 Å². The lowest BCUT2D eigenvalue weighted by atomic mass is 10.1. The summed E-state index contributed by atoms with van der Waals surface area (Å²) in [5, 5.41) is 9.02. The average molecular weight is 265 g/mol. The quantitative estimate of drug-likeness (QED) is 0.833. The van der Waals surface area contributed by atoms with Gasteiger partial charge in [0.05, 0.1) is 10.6 Å². The molecule has 0 aliphatic rings. The molecule has 1 N–H and O–H groups in total. The Labute approximate surface area is 89.9 Å². The molecule has 0 saturated carbocycles. The lowest BCUT2D eigenvalue weighted by Crippen LogP contribution is -2.03. The van der Waals surface area contributed by atoms with E-state index in [2.05, 4.69) is 15.9 Å². The van der Waals surface area contributed by atoms with Crippen molar-refractivity contribution in [1.29, 1.82) is 0 Å². The van der Waals surface area contributed by atoms with Crippen LogP contribution in [0.25, 0.3) is 0 Å². The zero-order valence-electron chi connectivity index (χ0n) is 7.73. The van der Waals surface area contributed by atoms with Gasteiger partial charge < -0.3 is 5.11 Å². The summed E-state index contributed by atoms with van der Waals surface area (Å²) in [5.74, 6) is -1.19. The van der Waals surface area contributed by atoms with Crippen LogP contribution in [0.4, 0.5) is 8.78 Å². The van der Waals surface area contributed by atoms with Gasteiger partial charge in [-0.05, 0) is 47.3 Å². The third-order valence-corrected chi connectivity index (χ3v) is 2.67. The molecule has 0 bridgehead atoms. The van der Waals surface area contributed by atoms with Crippen LogP contribution in [0.3, 0.4) is 0 Å². The molecule has 0 spiro atoms. The predicted octanol–water partition coefficient (Wildman–Crippen LogP) is 3.04. The summed E-state index contributed by atoms with van der Waals surface area (Å²) in [5.41, 5.74) is 0.416. The highest BCUT2D eigenvalue weighted by atomic mass is 79.9. The van der Waals surface area contributed by atoms with Gasteiger partial charge in [-0.15, -0.1) is 0 Å². The molecule has 0 aliphatic carbocycles. The van der Waals surface area contributed by atoms with Gasteiger partial charge in [0.15, 0.2) is 0 Å². The zero-order valence-corrected chi connectivity index (χ0v) is 9.31. The van der Waals surface area contributed by atoms with Gasteiger partial charge in [-0.25, -0.2) is 8.78 Å². The van der Waals surface area contributed by atoms with Crippen LogP contribution in [0.5, 0.6) is 0 Å². The molecule has 0 aliphatic heterocycles. The minimum Gasteiger partial charge on any atom is -0.393 e. The third kappa shape index (κ3) is 2.75. The van der Waals surface area contributed by atoms with E-state index in [1.807, 2.05) is 0 Å². The summed E-state index contributed by atoms with van der Waals surface area (Å²) in [6.45, 7) is 1.64. The fourth-order valence-corrected chi connectivity index (χ4v) is 1.51. The summed E-state index contributed by atoms with van der Waals surface area (Å²) in [6.07, 6.45) is 0.399. The fourth-order valence-electron chi connectivity index (χ4n) is 1.12. The molecule has 0 fully saturated rings. The molecular weight excluding hydrogens is 254 g/mol. The number of hydrogen-bond acceptors (Lipinski definition) is 1. The van der Waals surface area contributed by atoms with Crippen molar-refractivity contribution in [2.45, 2.75) is 25.9 Å². The van der Waals surface area contributed by atoms with Gasteiger partial charge in [0.25, 0.3) is 0 Å². The molecule has 1 nitrogen and oxygen atoms in total. The van der Waals surface area contributed by atoms with Crippen molar-refractivity contribution in [3.8, 4) is 0 Å². The molecule has 1 atom stereocenters. The van der Waals surface area contributed by atoms with E-state index in [4.69, 9.17) is 5.11 Å². The van der Waals surface area contributed by atoms with Crippen molar-refractivity contribution in [2.75, 3.05) is 0 Å². The monoisotopic (exact) mass is 264 g/mol.